The average Bonchev–Trinajstić information content (AvgIpc) is 3.01. The van der Waals surface area contributed by atoms with Crippen LogP contribution >= 0.6 is 11.8 Å². The van der Waals surface area contributed by atoms with Gasteiger partial charge < -0.3 is 9.47 Å². The van der Waals surface area contributed by atoms with E-state index in [0.717, 1.165) is 29.8 Å². The Balaban J connectivity index is 1.83. The van der Waals surface area contributed by atoms with Crippen LogP contribution in [-0.4, -0.2) is 36.2 Å². The quantitative estimate of drug-likeness (QED) is 0.512. The number of aliphatic imine (C=N–C) groups is 1. The number of amidine groups is 1. The van der Waals surface area contributed by atoms with Crippen molar-refractivity contribution in [1.82, 2.24) is 4.90 Å². The van der Waals surface area contributed by atoms with Crippen molar-refractivity contribution in [3.8, 4) is 11.5 Å². The highest BCUT2D eigenvalue weighted by Crippen LogP contribution is 2.35. The van der Waals surface area contributed by atoms with Crippen LogP contribution in [-0.2, 0) is 11.2 Å². The van der Waals surface area contributed by atoms with E-state index in [2.05, 4.69) is 31.0 Å². The number of ether oxygens (including phenoxy) is 2. The molecule has 1 fully saturated rings. The van der Waals surface area contributed by atoms with E-state index < -0.39 is 0 Å². The molecule has 0 saturated carbocycles. The molecule has 158 valence electrons. The van der Waals surface area contributed by atoms with Crippen LogP contribution in [0.5, 0.6) is 11.5 Å². The van der Waals surface area contributed by atoms with Crippen molar-refractivity contribution in [2.24, 2.45) is 4.99 Å². The van der Waals surface area contributed by atoms with Gasteiger partial charge in [-0.15, -0.1) is 0 Å². The third-order valence-electron chi connectivity index (χ3n) is 4.60. The van der Waals surface area contributed by atoms with E-state index >= 15 is 0 Å². The fraction of sp³-hybridized carbons (Fsp3) is 0.333. The fourth-order valence-electron chi connectivity index (χ4n) is 2.93. The monoisotopic (exact) mass is 424 g/mol. The maximum atomic E-state index is 12.7. The summed E-state index contributed by atoms with van der Waals surface area (Å²) in [5.74, 6) is 1.35. The molecule has 0 radical (unpaired) electrons. The summed E-state index contributed by atoms with van der Waals surface area (Å²) < 4.78 is 11.5. The zero-order chi connectivity index (χ0) is 21.5. The number of carbonyl (C=O) groups excluding carboxylic acids is 1. The van der Waals surface area contributed by atoms with E-state index in [1.54, 1.807) is 11.9 Å². The second-order valence-corrected chi connectivity index (χ2v) is 7.89. The molecule has 0 spiro atoms. The molecule has 0 bridgehead atoms. The van der Waals surface area contributed by atoms with E-state index in [4.69, 9.17) is 9.47 Å². The van der Waals surface area contributed by atoms with Crippen molar-refractivity contribution in [2.75, 3.05) is 20.3 Å². The summed E-state index contributed by atoms with van der Waals surface area (Å²) in [6.45, 7) is 7.31. The predicted octanol–water partition coefficient (Wildman–Crippen LogP) is 5.67. The zero-order valence-corrected chi connectivity index (χ0v) is 18.8. The maximum absolute atomic E-state index is 12.7. The largest absolute Gasteiger partial charge is 0.490 e. The standard InChI is InChI=1S/C24H28N2O3S/c1-5-14-29-20-13-10-18(15-21(20)28-7-3)16-22-23(27)26(4)24(30-22)25-19-11-8-17(6-2)9-12-19/h8-13,15-16H,5-7,14H2,1-4H3/b22-16+,25-24?. The number of carbonyl (C=O) groups is 1. The number of hydrogen-bond acceptors (Lipinski definition) is 5. The zero-order valence-electron chi connectivity index (χ0n) is 18.0. The Hall–Kier alpha value is -2.73. The molecule has 0 N–H and O–H groups in total. The molecule has 0 unspecified atom stereocenters. The van der Waals surface area contributed by atoms with Gasteiger partial charge >= 0.3 is 0 Å². The minimum Gasteiger partial charge on any atom is -0.490 e. The highest BCUT2D eigenvalue weighted by molar-refractivity contribution is 8.18. The molecule has 3 rings (SSSR count). The van der Waals surface area contributed by atoms with E-state index in [1.165, 1.54) is 17.3 Å². The maximum Gasteiger partial charge on any atom is 0.266 e. The molecule has 6 heteroatoms. The van der Waals surface area contributed by atoms with Gasteiger partial charge in [-0.25, -0.2) is 4.99 Å². The normalized spacial score (nSPS) is 16.5. The number of aryl methyl sites for hydroxylation is 1. The summed E-state index contributed by atoms with van der Waals surface area (Å²) in [5, 5.41) is 0.670. The van der Waals surface area contributed by atoms with Crippen LogP contribution in [0.2, 0.25) is 0 Å². The highest BCUT2D eigenvalue weighted by Gasteiger charge is 2.30. The first kappa shape index (κ1) is 22.0. The Kier molecular flexibility index (Phi) is 7.57. The van der Waals surface area contributed by atoms with Gasteiger partial charge in [-0.3, -0.25) is 9.69 Å². The molecular formula is C24H28N2O3S. The van der Waals surface area contributed by atoms with Gasteiger partial charge in [-0.05, 0) is 73.0 Å². The molecule has 0 aliphatic carbocycles. The molecule has 1 amide bonds. The number of likely N-dealkylation sites (N-methyl/N-ethyl adjacent to an activating group) is 1. The van der Waals surface area contributed by atoms with Crippen molar-refractivity contribution in [2.45, 2.75) is 33.6 Å². The summed E-state index contributed by atoms with van der Waals surface area (Å²) >= 11 is 1.38. The van der Waals surface area contributed by atoms with Crippen LogP contribution < -0.4 is 9.47 Å². The third-order valence-corrected chi connectivity index (χ3v) is 5.66. The van der Waals surface area contributed by atoms with Gasteiger partial charge in [0.25, 0.3) is 5.91 Å². The van der Waals surface area contributed by atoms with E-state index in [1.807, 2.05) is 43.3 Å². The molecule has 1 heterocycles. The first-order valence-corrected chi connectivity index (χ1v) is 11.1. The molecule has 1 saturated heterocycles. The van der Waals surface area contributed by atoms with Crippen LogP contribution in [0.1, 0.15) is 38.3 Å². The van der Waals surface area contributed by atoms with Gasteiger partial charge in [0, 0.05) is 7.05 Å². The van der Waals surface area contributed by atoms with Crippen LogP contribution in [0.4, 0.5) is 5.69 Å². The Morgan fingerprint density at radius 3 is 2.47 bits per heavy atom. The lowest BCUT2D eigenvalue weighted by atomic mass is 10.1. The SMILES string of the molecule is CCCOc1ccc(/C=C2/SC(=Nc3ccc(CC)cc3)N(C)C2=O)cc1OCC. The topological polar surface area (TPSA) is 51.1 Å². The minimum absolute atomic E-state index is 0.0619. The number of rotatable bonds is 8. The number of nitrogens with zero attached hydrogens (tertiary/aromatic N) is 2. The lowest BCUT2D eigenvalue weighted by Gasteiger charge is -2.12. The molecule has 30 heavy (non-hydrogen) atoms. The molecule has 0 atom stereocenters. The van der Waals surface area contributed by atoms with Gasteiger partial charge in [-0.2, -0.15) is 0 Å². The Labute approximate surface area is 182 Å². The van der Waals surface area contributed by atoms with Gasteiger partial charge in [0.2, 0.25) is 0 Å². The van der Waals surface area contributed by atoms with Crippen molar-refractivity contribution >= 4 is 34.6 Å². The van der Waals surface area contributed by atoms with Crippen LogP contribution in [0.15, 0.2) is 52.4 Å². The van der Waals surface area contributed by atoms with Gasteiger partial charge in [-0.1, -0.05) is 32.0 Å². The molecule has 0 aromatic heterocycles. The van der Waals surface area contributed by atoms with Crippen LogP contribution in [0, 0.1) is 0 Å². The van der Waals surface area contributed by atoms with E-state index in [0.29, 0.717) is 29.0 Å². The predicted molar refractivity (Wildman–Crippen MR) is 125 cm³/mol. The van der Waals surface area contributed by atoms with Gasteiger partial charge in [0.15, 0.2) is 16.7 Å². The van der Waals surface area contributed by atoms with Gasteiger partial charge in [0.05, 0.1) is 23.8 Å². The third kappa shape index (κ3) is 5.25. The van der Waals surface area contributed by atoms with Crippen molar-refractivity contribution in [1.29, 1.82) is 0 Å². The van der Waals surface area contributed by atoms with Crippen molar-refractivity contribution in [3.05, 3.63) is 58.5 Å². The van der Waals surface area contributed by atoms with Gasteiger partial charge in [0.1, 0.15) is 0 Å². The van der Waals surface area contributed by atoms with E-state index in [9.17, 15) is 4.79 Å². The Morgan fingerprint density at radius 1 is 1.03 bits per heavy atom. The first-order chi connectivity index (χ1) is 14.5. The second kappa shape index (κ2) is 10.3. The first-order valence-electron chi connectivity index (χ1n) is 10.3. The summed E-state index contributed by atoms with van der Waals surface area (Å²) in [7, 11) is 1.75. The summed E-state index contributed by atoms with van der Waals surface area (Å²) in [6.07, 6.45) is 3.79. The second-order valence-electron chi connectivity index (χ2n) is 6.88. The number of benzene rings is 2. The number of hydrogen-bond donors (Lipinski definition) is 0. The Morgan fingerprint density at radius 2 is 1.80 bits per heavy atom. The fourth-order valence-corrected chi connectivity index (χ4v) is 3.92. The summed E-state index contributed by atoms with van der Waals surface area (Å²) in [6, 6.07) is 13.8. The van der Waals surface area contributed by atoms with Crippen molar-refractivity contribution in [3.63, 3.8) is 0 Å². The van der Waals surface area contributed by atoms with Crippen molar-refractivity contribution < 1.29 is 14.3 Å². The van der Waals surface area contributed by atoms with Crippen LogP contribution in [0.25, 0.3) is 6.08 Å². The molecule has 5 nitrogen and oxygen atoms in total. The van der Waals surface area contributed by atoms with Crippen LogP contribution in [0.3, 0.4) is 0 Å². The lowest BCUT2D eigenvalue weighted by Crippen LogP contribution is -2.23. The summed E-state index contributed by atoms with van der Waals surface area (Å²) in [4.78, 5) is 19.6. The Bertz CT molecular complexity index is 951. The smallest absolute Gasteiger partial charge is 0.266 e. The highest BCUT2D eigenvalue weighted by atomic mass is 32.2. The lowest BCUT2D eigenvalue weighted by molar-refractivity contribution is -0.121. The summed E-state index contributed by atoms with van der Waals surface area (Å²) in [5.41, 5.74) is 2.99. The minimum atomic E-state index is -0.0619. The molecule has 2 aromatic carbocycles. The average molecular weight is 425 g/mol. The molecule has 1 aliphatic rings. The number of thioether (sulfide) groups is 1. The van der Waals surface area contributed by atoms with E-state index in [-0.39, 0.29) is 5.91 Å². The number of amides is 1. The molecule has 2 aromatic rings. The molecular weight excluding hydrogens is 396 g/mol. The molecule has 1 aliphatic heterocycles.